The van der Waals surface area contributed by atoms with Gasteiger partial charge in [-0.15, -0.1) is 0 Å². The smallest absolute Gasteiger partial charge is 0.330 e. The highest BCUT2D eigenvalue weighted by Gasteiger charge is 2.38. The molecular weight excluding hydrogens is 348 g/mol. The Morgan fingerprint density at radius 1 is 1.26 bits per heavy atom. The molecule has 1 aromatic rings. The number of Topliss-reactive ketones (excluding diaryl/α,β-unsaturated/α-hetero) is 1. The van der Waals surface area contributed by atoms with E-state index < -0.39 is 12.1 Å². The number of esters is 1. The van der Waals surface area contributed by atoms with Gasteiger partial charge in [0.2, 0.25) is 0 Å². The van der Waals surface area contributed by atoms with Crippen molar-refractivity contribution >= 4 is 29.5 Å². The minimum absolute atomic E-state index is 0.116. The fraction of sp³-hybridized carbons (Fsp3) is 0.450. The number of benzene rings is 1. The molecule has 0 bridgehead atoms. The zero-order chi connectivity index (χ0) is 19.2. The summed E-state index contributed by atoms with van der Waals surface area (Å²) in [6.45, 7) is 3.21. The van der Waals surface area contributed by atoms with E-state index in [4.69, 9.17) is 9.47 Å². The molecule has 2 aliphatic rings. The molecule has 1 atom stereocenters. The number of urea groups is 1. The lowest BCUT2D eigenvalue weighted by Gasteiger charge is -2.32. The number of amides is 2. The third-order valence-corrected chi connectivity index (χ3v) is 4.51. The lowest BCUT2D eigenvalue weighted by Crippen LogP contribution is -2.50. The molecule has 0 aromatic heterocycles. The van der Waals surface area contributed by atoms with Gasteiger partial charge in [-0.3, -0.25) is 4.79 Å². The first kappa shape index (κ1) is 19.1. The van der Waals surface area contributed by atoms with Crippen LogP contribution < -0.4 is 5.32 Å². The second-order valence-corrected chi connectivity index (χ2v) is 6.62. The molecule has 1 aromatic carbocycles. The van der Waals surface area contributed by atoms with Gasteiger partial charge in [0.25, 0.3) is 0 Å². The number of nitrogens with one attached hydrogen (secondary N) is 1. The van der Waals surface area contributed by atoms with Crippen molar-refractivity contribution in [1.29, 1.82) is 0 Å². The van der Waals surface area contributed by atoms with Gasteiger partial charge in [0.05, 0.1) is 19.8 Å². The lowest BCUT2D eigenvalue weighted by molar-refractivity contribution is -0.137. The minimum atomic E-state index is -0.507. The highest BCUT2D eigenvalue weighted by molar-refractivity contribution is 5.92. The average molecular weight is 372 g/mol. The highest BCUT2D eigenvalue weighted by atomic mass is 16.5. The van der Waals surface area contributed by atoms with Crippen LogP contribution in [0.1, 0.15) is 25.3 Å². The van der Waals surface area contributed by atoms with E-state index in [-0.39, 0.29) is 17.7 Å². The summed E-state index contributed by atoms with van der Waals surface area (Å²) in [5.41, 5.74) is 1.47. The van der Waals surface area contributed by atoms with E-state index in [2.05, 4.69) is 5.32 Å². The number of morpholine rings is 1. The number of hydrogen-bond acceptors (Lipinski definition) is 5. The van der Waals surface area contributed by atoms with E-state index in [1.165, 1.54) is 6.08 Å². The molecule has 0 radical (unpaired) electrons. The van der Waals surface area contributed by atoms with Gasteiger partial charge >= 0.3 is 12.0 Å². The van der Waals surface area contributed by atoms with Gasteiger partial charge in [-0.2, -0.15) is 0 Å². The Hall–Kier alpha value is -2.67. The SMILES string of the molecule is CCOC(=O)/C=C/c1ccc(NC(=O)N2CCOC(C(=O)C3CC3)C2)cc1. The van der Waals surface area contributed by atoms with E-state index in [0.29, 0.717) is 32.0 Å². The molecule has 1 saturated carbocycles. The van der Waals surface area contributed by atoms with Gasteiger partial charge in [0.1, 0.15) is 6.10 Å². The molecule has 2 fully saturated rings. The van der Waals surface area contributed by atoms with E-state index in [0.717, 1.165) is 18.4 Å². The quantitative estimate of drug-likeness (QED) is 0.612. The standard InChI is InChI=1S/C20H24N2O5/c1-2-26-18(23)10-5-14-3-8-16(9-4-14)21-20(25)22-11-12-27-17(13-22)19(24)15-6-7-15/h3-5,8-10,15,17H,2,6-7,11-13H2,1H3,(H,21,25)/b10-5+. The Bertz CT molecular complexity index is 724. The molecule has 2 amide bonds. The maximum Gasteiger partial charge on any atom is 0.330 e. The molecule has 3 rings (SSSR count). The van der Waals surface area contributed by atoms with Gasteiger partial charge in [0, 0.05) is 24.2 Å². The third kappa shape index (κ3) is 5.40. The van der Waals surface area contributed by atoms with Crippen LogP contribution in [0.25, 0.3) is 6.08 Å². The molecule has 7 heteroatoms. The van der Waals surface area contributed by atoms with Gasteiger partial charge < -0.3 is 19.7 Å². The third-order valence-electron chi connectivity index (χ3n) is 4.51. The number of rotatable bonds is 6. The summed E-state index contributed by atoms with van der Waals surface area (Å²) in [6.07, 6.45) is 4.37. The molecule has 1 N–H and O–H groups in total. The Kier molecular flexibility index (Phi) is 6.24. The summed E-state index contributed by atoms with van der Waals surface area (Å²) in [6, 6.07) is 6.86. The van der Waals surface area contributed by atoms with Crippen LogP contribution in [0.4, 0.5) is 10.5 Å². The molecule has 1 aliphatic carbocycles. The van der Waals surface area contributed by atoms with Crippen LogP contribution in [0.3, 0.4) is 0 Å². The predicted octanol–water partition coefficient (Wildman–Crippen LogP) is 2.47. The zero-order valence-electron chi connectivity index (χ0n) is 15.3. The van der Waals surface area contributed by atoms with Gasteiger partial charge in [-0.1, -0.05) is 12.1 Å². The molecule has 1 unspecified atom stereocenters. The van der Waals surface area contributed by atoms with E-state index in [1.807, 2.05) is 0 Å². The number of ketones is 1. The van der Waals surface area contributed by atoms with Crippen LogP contribution in [0.15, 0.2) is 30.3 Å². The summed E-state index contributed by atoms with van der Waals surface area (Å²) in [5, 5.41) is 2.83. The first-order valence-electron chi connectivity index (χ1n) is 9.23. The van der Waals surface area contributed by atoms with Crippen LogP contribution in [0.5, 0.6) is 0 Å². The molecule has 0 spiro atoms. The Balaban J connectivity index is 1.52. The summed E-state index contributed by atoms with van der Waals surface area (Å²) in [4.78, 5) is 37.6. The summed E-state index contributed by atoms with van der Waals surface area (Å²) >= 11 is 0. The van der Waals surface area contributed by atoms with Crippen LogP contribution in [-0.2, 0) is 19.1 Å². The largest absolute Gasteiger partial charge is 0.463 e. The van der Waals surface area contributed by atoms with Crippen molar-refractivity contribution in [2.75, 3.05) is 31.6 Å². The van der Waals surface area contributed by atoms with Crippen LogP contribution in [0.2, 0.25) is 0 Å². The van der Waals surface area contributed by atoms with Crippen molar-refractivity contribution in [2.45, 2.75) is 25.9 Å². The highest BCUT2D eigenvalue weighted by Crippen LogP contribution is 2.32. The lowest BCUT2D eigenvalue weighted by atomic mass is 10.1. The summed E-state index contributed by atoms with van der Waals surface area (Å²) in [5.74, 6) is -0.157. The number of anilines is 1. The molecule has 1 saturated heterocycles. The molecule has 7 nitrogen and oxygen atoms in total. The first-order valence-corrected chi connectivity index (χ1v) is 9.23. The van der Waals surface area contributed by atoms with E-state index in [9.17, 15) is 14.4 Å². The van der Waals surface area contributed by atoms with Gasteiger partial charge in [0.15, 0.2) is 5.78 Å². The minimum Gasteiger partial charge on any atom is -0.463 e. The monoisotopic (exact) mass is 372 g/mol. The summed E-state index contributed by atoms with van der Waals surface area (Å²) in [7, 11) is 0. The van der Waals surface area contributed by atoms with Crippen molar-refractivity contribution < 1.29 is 23.9 Å². The maximum atomic E-state index is 12.5. The molecular formula is C20H24N2O5. The van der Waals surface area contributed by atoms with Gasteiger partial charge in [-0.25, -0.2) is 9.59 Å². The number of hydrogen-bond donors (Lipinski definition) is 1. The Morgan fingerprint density at radius 3 is 2.67 bits per heavy atom. The van der Waals surface area contributed by atoms with E-state index in [1.54, 1.807) is 42.2 Å². The second-order valence-electron chi connectivity index (χ2n) is 6.62. The van der Waals surface area contributed by atoms with Crippen molar-refractivity contribution in [3.8, 4) is 0 Å². The van der Waals surface area contributed by atoms with Crippen molar-refractivity contribution in [1.82, 2.24) is 4.90 Å². The van der Waals surface area contributed by atoms with Crippen LogP contribution >= 0.6 is 0 Å². The van der Waals surface area contributed by atoms with Gasteiger partial charge in [-0.05, 0) is 43.5 Å². The predicted molar refractivity (Wildman–Crippen MR) is 100 cm³/mol. The fourth-order valence-electron chi connectivity index (χ4n) is 2.87. The molecule has 1 aliphatic heterocycles. The maximum absolute atomic E-state index is 12.5. The van der Waals surface area contributed by atoms with E-state index >= 15 is 0 Å². The van der Waals surface area contributed by atoms with Crippen molar-refractivity contribution in [3.05, 3.63) is 35.9 Å². The number of nitrogens with zero attached hydrogens (tertiary/aromatic N) is 1. The zero-order valence-corrected chi connectivity index (χ0v) is 15.3. The molecule has 27 heavy (non-hydrogen) atoms. The van der Waals surface area contributed by atoms with Crippen molar-refractivity contribution in [3.63, 3.8) is 0 Å². The second kappa shape index (κ2) is 8.81. The number of carbonyl (C=O) groups excluding carboxylic acids is 3. The first-order chi connectivity index (χ1) is 13.1. The number of carbonyl (C=O) groups is 3. The molecule has 1 heterocycles. The Labute approximate surface area is 158 Å². The van der Waals surface area contributed by atoms with Crippen molar-refractivity contribution in [2.24, 2.45) is 5.92 Å². The summed E-state index contributed by atoms with van der Waals surface area (Å²) < 4.78 is 10.4. The number of ether oxygens (including phenoxy) is 2. The molecule has 144 valence electrons. The Morgan fingerprint density at radius 2 is 2.00 bits per heavy atom. The average Bonchev–Trinajstić information content (AvgIpc) is 3.52. The normalized spacial score (nSPS) is 19.7. The fourth-order valence-corrected chi connectivity index (χ4v) is 2.87. The topological polar surface area (TPSA) is 84.9 Å². The van der Waals surface area contributed by atoms with Crippen LogP contribution in [0, 0.1) is 5.92 Å². The van der Waals surface area contributed by atoms with Crippen LogP contribution in [-0.4, -0.2) is 55.1 Å².